The molecule has 0 radical (unpaired) electrons. The number of rotatable bonds is 4. The van der Waals surface area contributed by atoms with Gasteiger partial charge in [-0.3, -0.25) is 0 Å². The lowest BCUT2D eigenvalue weighted by Crippen LogP contribution is -2.19. The molecule has 0 bridgehead atoms. The van der Waals surface area contributed by atoms with Gasteiger partial charge in [0.25, 0.3) is 0 Å². The molecule has 0 amide bonds. The highest BCUT2D eigenvalue weighted by Gasteiger charge is 2.23. The summed E-state index contributed by atoms with van der Waals surface area (Å²) < 4.78 is 5.63. The van der Waals surface area contributed by atoms with Crippen molar-refractivity contribution in [2.24, 2.45) is 11.3 Å². The van der Waals surface area contributed by atoms with E-state index in [1.165, 1.54) is 0 Å². The summed E-state index contributed by atoms with van der Waals surface area (Å²) in [7, 11) is 0. The van der Waals surface area contributed by atoms with Crippen LogP contribution in [0.1, 0.15) is 57.6 Å². The second-order valence-electron chi connectivity index (χ2n) is 5.38. The molecule has 0 aliphatic heterocycles. The quantitative estimate of drug-likeness (QED) is 0.782. The van der Waals surface area contributed by atoms with Crippen LogP contribution in [0.3, 0.4) is 0 Å². The monoisotopic (exact) mass is 288 g/mol. The molecule has 2 unspecified atom stereocenters. The fourth-order valence-electron chi connectivity index (χ4n) is 1.22. The van der Waals surface area contributed by atoms with E-state index in [1.54, 1.807) is 0 Å². The van der Waals surface area contributed by atoms with Crippen LogP contribution in [-0.4, -0.2) is 10.2 Å². The minimum Gasteiger partial charge on any atom is -0.424 e. The molecule has 1 aromatic rings. The van der Waals surface area contributed by atoms with Crippen LogP contribution in [0.2, 0.25) is 0 Å². The molecule has 1 heterocycles. The normalized spacial score (nSPS) is 16.1. The minimum absolute atomic E-state index is 0.179. The van der Waals surface area contributed by atoms with Gasteiger partial charge in [0.1, 0.15) is 0 Å². The maximum absolute atomic E-state index is 5.63. The number of aromatic nitrogens is 2. The summed E-state index contributed by atoms with van der Waals surface area (Å²) in [6.45, 7) is 11.0. The Morgan fingerprint density at radius 2 is 1.94 bits per heavy atom. The van der Waals surface area contributed by atoms with E-state index in [1.807, 2.05) is 0 Å². The van der Waals surface area contributed by atoms with Gasteiger partial charge in [-0.1, -0.05) is 50.5 Å². The van der Waals surface area contributed by atoms with Crippen molar-refractivity contribution in [1.82, 2.24) is 10.2 Å². The van der Waals surface area contributed by atoms with Crippen LogP contribution in [0.15, 0.2) is 4.42 Å². The van der Waals surface area contributed by atoms with E-state index in [4.69, 9.17) is 4.42 Å². The van der Waals surface area contributed by atoms with Gasteiger partial charge in [-0.2, -0.15) is 0 Å². The second-order valence-corrected chi connectivity index (χ2v) is 6.49. The third-order valence-electron chi connectivity index (χ3n) is 3.07. The number of alkyl halides is 1. The molecule has 0 N–H and O–H groups in total. The zero-order valence-electron chi connectivity index (χ0n) is 10.7. The van der Waals surface area contributed by atoms with E-state index in [9.17, 15) is 0 Å². The number of halogens is 1. The molecule has 0 aliphatic carbocycles. The molecule has 0 saturated heterocycles. The maximum atomic E-state index is 5.63. The first-order valence-electron chi connectivity index (χ1n) is 5.81. The standard InChI is InChI=1S/C12H21BrN2O/c1-6-9(13)11-15-14-10(16-11)7-8(2)12(3,4)5/h8-9H,6-7H2,1-5H3. The van der Waals surface area contributed by atoms with Gasteiger partial charge in [-0.05, 0) is 17.8 Å². The van der Waals surface area contributed by atoms with Gasteiger partial charge in [-0.25, -0.2) is 0 Å². The highest BCUT2D eigenvalue weighted by Crippen LogP contribution is 2.29. The summed E-state index contributed by atoms with van der Waals surface area (Å²) in [5.74, 6) is 1.96. The van der Waals surface area contributed by atoms with Crippen molar-refractivity contribution in [2.75, 3.05) is 0 Å². The second kappa shape index (κ2) is 5.30. The van der Waals surface area contributed by atoms with E-state index < -0.39 is 0 Å². The van der Waals surface area contributed by atoms with Gasteiger partial charge >= 0.3 is 0 Å². The van der Waals surface area contributed by atoms with Crippen molar-refractivity contribution in [3.05, 3.63) is 11.8 Å². The molecule has 2 atom stereocenters. The molecule has 0 aliphatic rings. The van der Waals surface area contributed by atoms with Gasteiger partial charge in [0.2, 0.25) is 11.8 Å². The largest absolute Gasteiger partial charge is 0.424 e. The first-order chi connectivity index (χ1) is 7.34. The van der Waals surface area contributed by atoms with E-state index in [0.717, 1.165) is 18.7 Å². The molecule has 16 heavy (non-hydrogen) atoms. The Bertz CT molecular complexity index is 330. The van der Waals surface area contributed by atoms with Gasteiger partial charge in [-0.15, -0.1) is 10.2 Å². The van der Waals surface area contributed by atoms with Crippen molar-refractivity contribution in [3.63, 3.8) is 0 Å². The first-order valence-corrected chi connectivity index (χ1v) is 6.72. The SMILES string of the molecule is CCC(Br)c1nnc(CC(C)C(C)(C)C)o1. The average molecular weight is 289 g/mol. The molecule has 0 aromatic carbocycles. The van der Waals surface area contributed by atoms with Crippen molar-refractivity contribution >= 4 is 15.9 Å². The molecule has 1 rings (SSSR count). The Balaban J connectivity index is 2.66. The number of nitrogens with zero attached hydrogens (tertiary/aromatic N) is 2. The summed E-state index contributed by atoms with van der Waals surface area (Å²) in [5, 5.41) is 8.15. The lowest BCUT2D eigenvalue weighted by atomic mass is 9.80. The predicted molar refractivity (Wildman–Crippen MR) is 68.6 cm³/mol. The molecular formula is C12H21BrN2O. The van der Waals surface area contributed by atoms with Gasteiger partial charge < -0.3 is 4.42 Å². The highest BCUT2D eigenvalue weighted by molar-refractivity contribution is 9.09. The zero-order chi connectivity index (χ0) is 12.3. The summed E-state index contributed by atoms with van der Waals surface area (Å²) in [6.07, 6.45) is 1.80. The lowest BCUT2D eigenvalue weighted by Gasteiger charge is -2.25. The molecule has 3 nitrogen and oxygen atoms in total. The third kappa shape index (κ3) is 3.58. The molecule has 0 fully saturated rings. The van der Waals surface area contributed by atoms with Crippen LogP contribution >= 0.6 is 15.9 Å². The zero-order valence-corrected chi connectivity index (χ0v) is 12.3. The van der Waals surface area contributed by atoms with Crippen LogP contribution in [-0.2, 0) is 6.42 Å². The number of hydrogen-bond donors (Lipinski definition) is 0. The Morgan fingerprint density at radius 3 is 2.44 bits per heavy atom. The molecule has 4 heteroatoms. The fourth-order valence-corrected chi connectivity index (χ4v) is 1.40. The van der Waals surface area contributed by atoms with E-state index >= 15 is 0 Å². The topological polar surface area (TPSA) is 38.9 Å². The lowest BCUT2D eigenvalue weighted by molar-refractivity contribution is 0.243. The molecule has 92 valence electrons. The molecule has 0 spiro atoms. The van der Waals surface area contributed by atoms with Crippen molar-refractivity contribution < 1.29 is 4.42 Å². The van der Waals surface area contributed by atoms with Crippen LogP contribution in [0.4, 0.5) is 0 Å². The first kappa shape index (κ1) is 13.7. The highest BCUT2D eigenvalue weighted by atomic mass is 79.9. The Hall–Kier alpha value is -0.380. The predicted octanol–water partition coefficient (Wildman–Crippen LogP) is 4.14. The average Bonchev–Trinajstić information content (AvgIpc) is 2.63. The minimum atomic E-state index is 0.179. The third-order valence-corrected chi connectivity index (χ3v) is 4.11. The van der Waals surface area contributed by atoms with E-state index in [0.29, 0.717) is 11.8 Å². The van der Waals surface area contributed by atoms with E-state index in [2.05, 4.69) is 60.7 Å². The fraction of sp³-hybridized carbons (Fsp3) is 0.833. The van der Waals surface area contributed by atoms with Crippen LogP contribution < -0.4 is 0 Å². The van der Waals surface area contributed by atoms with Gasteiger partial charge in [0, 0.05) is 6.42 Å². The summed E-state index contributed by atoms with van der Waals surface area (Å²) in [6, 6.07) is 0. The summed E-state index contributed by atoms with van der Waals surface area (Å²) >= 11 is 3.51. The molecule has 0 saturated carbocycles. The van der Waals surface area contributed by atoms with Gasteiger partial charge in [0.05, 0.1) is 4.83 Å². The number of hydrogen-bond acceptors (Lipinski definition) is 3. The summed E-state index contributed by atoms with van der Waals surface area (Å²) in [5.41, 5.74) is 0.271. The Morgan fingerprint density at radius 1 is 1.31 bits per heavy atom. The maximum Gasteiger partial charge on any atom is 0.230 e. The van der Waals surface area contributed by atoms with Crippen LogP contribution in [0.25, 0.3) is 0 Å². The van der Waals surface area contributed by atoms with Crippen molar-refractivity contribution in [1.29, 1.82) is 0 Å². The Labute approximate surface area is 106 Å². The Kier molecular flexibility index (Phi) is 4.53. The molecule has 1 aromatic heterocycles. The van der Waals surface area contributed by atoms with Crippen LogP contribution in [0.5, 0.6) is 0 Å². The van der Waals surface area contributed by atoms with E-state index in [-0.39, 0.29) is 10.2 Å². The molecular weight excluding hydrogens is 268 g/mol. The van der Waals surface area contributed by atoms with Crippen molar-refractivity contribution in [3.8, 4) is 0 Å². The van der Waals surface area contributed by atoms with Gasteiger partial charge in [0.15, 0.2) is 0 Å². The smallest absolute Gasteiger partial charge is 0.230 e. The van der Waals surface area contributed by atoms with Crippen molar-refractivity contribution in [2.45, 2.75) is 52.3 Å². The van der Waals surface area contributed by atoms with Crippen LogP contribution in [0, 0.1) is 11.3 Å². The summed E-state index contributed by atoms with van der Waals surface area (Å²) in [4.78, 5) is 0.179.